The van der Waals surface area contributed by atoms with Gasteiger partial charge >= 0.3 is 0 Å². The summed E-state index contributed by atoms with van der Waals surface area (Å²) in [5.41, 5.74) is 3.34. The van der Waals surface area contributed by atoms with Gasteiger partial charge in [0.25, 0.3) is 0 Å². The molecule has 2 rings (SSSR count). The highest BCUT2D eigenvalue weighted by atomic mass is 16.5. The Kier molecular flexibility index (Phi) is 5.07. The molecule has 0 radical (unpaired) electrons. The molecule has 2 aromatic rings. The average Bonchev–Trinajstić information content (AvgIpc) is 2.48. The number of hydrogen-bond acceptors (Lipinski definition) is 4. The van der Waals surface area contributed by atoms with Crippen molar-refractivity contribution in [2.24, 2.45) is 0 Å². The van der Waals surface area contributed by atoms with Crippen LogP contribution in [0.5, 0.6) is 5.75 Å². The van der Waals surface area contributed by atoms with E-state index in [0.29, 0.717) is 0 Å². The average molecular weight is 271 g/mol. The summed E-state index contributed by atoms with van der Waals surface area (Å²) in [4.78, 5) is 11.0. The molecule has 0 aliphatic rings. The van der Waals surface area contributed by atoms with Crippen LogP contribution in [0, 0.1) is 0 Å². The Bertz CT molecular complexity index is 540. The molecule has 0 unspecified atom stereocenters. The van der Waals surface area contributed by atoms with Crippen LogP contribution in [0.1, 0.15) is 23.9 Å². The zero-order valence-electron chi connectivity index (χ0n) is 12.3. The van der Waals surface area contributed by atoms with Crippen LogP contribution in [0.2, 0.25) is 0 Å². The molecule has 0 aromatic carbocycles. The van der Waals surface area contributed by atoms with Crippen molar-refractivity contribution in [3.63, 3.8) is 0 Å². The third kappa shape index (κ3) is 4.03. The van der Waals surface area contributed by atoms with Crippen molar-refractivity contribution in [1.29, 1.82) is 0 Å². The second kappa shape index (κ2) is 7.01. The fourth-order valence-electron chi connectivity index (χ4n) is 2.04. The lowest BCUT2D eigenvalue weighted by molar-refractivity contribution is 0.310. The van der Waals surface area contributed by atoms with E-state index in [1.54, 1.807) is 13.3 Å². The van der Waals surface area contributed by atoms with Crippen LogP contribution in [0.3, 0.4) is 0 Å². The van der Waals surface area contributed by atoms with Gasteiger partial charge in [0.1, 0.15) is 5.75 Å². The highest BCUT2D eigenvalue weighted by molar-refractivity contribution is 5.22. The Morgan fingerprint density at radius 3 is 2.55 bits per heavy atom. The fourth-order valence-corrected chi connectivity index (χ4v) is 2.04. The molecule has 0 saturated heterocycles. The van der Waals surface area contributed by atoms with Gasteiger partial charge in [-0.25, -0.2) is 0 Å². The summed E-state index contributed by atoms with van der Waals surface area (Å²) >= 11 is 0. The van der Waals surface area contributed by atoms with Crippen LogP contribution >= 0.6 is 0 Å². The van der Waals surface area contributed by atoms with Crippen LogP contribution in [0.15, 0.2) is 36.7 Å². The Morgan fingerprint density at radius 1 is 1.10 bits per heavy atom. The second-order valence-electron chi connectivity index (χ2n) is 4.87. The molecule has 0 fully saturated rings. The van der Waals surface area contributed by atoms with Gasteiger partial charge in [-0.3, -0.25) is 14.9 Å². The zero-order valence-corrected chi connectivity index (χ0v) is 12.3. The SMILES string of the molecule is CCc1ccc(CN(C)Cc2cc(OC)ccn2)nc1. The molecule has 0 saturated carbocycles. The third-order valence-electron chi connectivity index (χ3n) is 3.18. The number of rotatable bonds is 6. The summed E-state index contributed by atoms with van der Waals surface area (Å²) in [6.07, 6.45) is 4.75. The minimum Gasteiger partial charge on any atom is -0.497 e. The topological polar surface area (TPSA) is 38.2 Å². The van der Waals surface area contributed by atoms with Crippen molar-refractivity contribution in [3.8, 4) is 5.75 Å². The van der Waals surface area contributed by atoms with Gasteiger partial charge in [0.2, 0.25) is 0 Å². The van der Waals surface area contributed by atoms with Gasteiger partial charge in [0.05, 0.1) is 18.5 Å². The van der Waals surface area contributed by atoms with Gasteiger partial charge in [0.15, 0.2) is 0 Å². The highest BCUT2D eigenvalue weighted by Crippen LogP contribution is 2.12. The van der Waals surface area contributed by atoms with Crippen molar-refractivity contribution in [1.82, 2.24) is 14.9 Å². The van der Waals surface area contributed by atoms with E-state index < -0.39 is 0 Å². The third-order valence-corrected chi connectivity index (χ3v) is 3.18. The predicted octanol–water partition coefficient (Wildman–Crippen LogP) is 2.68. The Morgan fingerprint density at radius 2 is 1.90 bits per heavy atom. The molecule has 0 atom stereocenters. The van der Waals surface area contributed by atoms with Crippen LogP contribution in [0.25, 0.3) is 0 Å². The Labute approximate surface area is 120 Å². The summed E-state index contributed by atoms with van der Waals surface area (Å²) in [5.74, 6) is 0.842. The Hall–Kier alpha value is -1.94. The van der Waals surface area contributed by atoms with Crippen molar-refractivity contribution in [2.45, 2.75) is 26.4 Å². The number of hydrogen-bond donors (Lipinski definition) is 0. The first kappa shape index (κ1) is 14.5. The van der Waals surface area contributed by atoms with Crippen molar-refractivity contribution in [2.75, 3.05) is 14.2 Å². The van der Waals surface area contributed by atoms with E-state index in [9.17, 15) is 0 Å². The van der Waals surface area contributed by atoms with E-state index in [1.807, 2.05) is 18.3 Å². The molecule has 0 aliphatic heterocycles. The monoisotopic (exact) mass is 271 g/mol. The molecule has 20 heavy (non-hydrogen) atoms. The van der Waals surface area contributed by atoms with Crippen molar-refractivity contribution >= 4 is 0 Å². The lowest BCUT2D eigenvalue weighted by Crippen LogP contribution is -2.18. The minimum atomic E-state index is 0.772. The summed E-state index contributed by atoms with van der Waals surface area (Å²) in [7, 11) is 3.73. The van der Waals surface area contributed by atoms with E-state index in [2.05, 4.69) is 41.0 Å². The van der Waals surface area contributed by atoms with Crippen molar-refractivity contribution in [3.05, 3.63) is 53.6 Å². The molecule has 0 amide bonds. The fraction of sp³-hybridized carbons (Fsp3) is 0.375. The number of methoxy groups -OCH3 is 1. The maximum absolute atomic E-state index is 5.21. The van der Waals surface area contributed by atoms with Gasteiger partial charge in [-0.05, 0) is 31.2 Å². The number of ether oxygens (including phenoxy) is 1. The summed E-state index contributed by atoms with van der Waals surface area (Å²) in [6, 6.07) is 8.05. The molecule has 0 spiro atoms. The van der Waals surface area contributed by atoms with Crippen LogP contribution < -0.4 is 4.74 Å². The van der Waals surface area contributed by atoms with E-state index in [1.165, 1.54) is 5.56 Å². The summed E-state index contributed by atoms with van der Waals surface area (Å²) in [5, 5.41) is 0. The maximum Gasteiger partial charge on any atom is 0.122 e. The van der Waals surface area contributed by atoms with Gasteiger partial charge < -0.3 is 4.74 Å². The Balaban J connectivity index is 1.95. The second-order valence-corrected chi connectivity index (χ2v) is 4.87. The van der Waals surface area contributed by atoms with Gasteiger partial charge in [0, 0.05) is 31.5 Å². The molecule has 0 N–H and O–H groups in total. The number of aryl methyl sites for hydroxylation is 1. The van der Waals surface area contributed by atoms with Crippen LogP contribution in [-0.4, -0.2) is 29.0 Å². The number of aromatic nitrogens is 2. The zero-order chi connectivity index (χ0) is 14.4. The summed E-state index contributed by atoms with van der Waals surface area (Å²) in [6.45, 7) is 3.72. The molecule has 106 valence electrons. The smallest absolute Gasteiger partial charge is 0.122 e. The predicted molar refractivity (Wildman–Crippen MR) is 79.6 cm³/mol. The number of nitrogens with zero attached hydrogens (tertiary/aromatic N) is 3. The van der Waals surface area contributed by atoms with Crippen LogP contribution in [-0.2, 0) is 19.5 Å². The normalized spacial score (nSPS) is 10.8. The molecular weight excluding hydrogens is 250 g/mol. The highest BCUT2D eigenvalue weighted by Gasteiger charge is 2.05. The number of pyridine rings is 2. The lowest BCUT2D eigenvalue weighted by atomic mass is 10.2. The van der Waals surface area contributed by atoms with E-state index in [-0.39, 0.29) is 0 Å². The van der Waals surface area contributed by atoms with E-state index in [0.717, 1.165) is 36.6 Å². The first-order valence-electron chi connectivity index (χ1n) is 6.82. The molecule has 4 nitrogen and oxygen atoms in total. The minimum absolute atomic E-state index is 0.772. The molecular formula is C16H21N3O. The van der Waals surface area contributed by atoms with Gasteiger partial charge in [-0.2, -0.15) is 0 Å². The summed E-state index contributed by atoms with van der Waals surface area (Å²) < 4.78 is 5.21. The molecule has 0 bridgehead atoms. The van der Waals surface area contributed by atoms with E-state index in [4.69, 9.17) is 4.74 Å². The van der Waals surface area contributed by atoms with Crippen molar-refractivity contribution < 1.29 is 4.74 Å². The largest absolute Gasteiger partial charge is 0.497 e. The standard InChI is InChI=1S/C16H21N3O/c1-4-13-5-6-14(18-10-13)11-19(2)12-15-9-16(20-3)7-8-17-15/h5-10H,4,11-12H2,1-3H3. The van der Waals surface area contributed by atoms with E-state index >= 15 is 0 Å². The van der Waals surface area contributed by atoms with Gasteiger partial charge in [-0.15, -0.1) is 0 Å². The van der Waals surface area contributed by atoms with Crippen LogP contribution in [0.4, 0.5) is 0 Å². The molecule has 4 heteroatoms. The molecule has 2 heterocycles. The molecule has 0 aliphatic carbocycles. The first-order chi connectivity index (χ1) is 9.71. The maximum atomic E-state index is 5.21. The lowest BCUT2D eigenvalue weighted by Gasteiger charge is -2.16. The molecule has 2 aromatic heterocycles. The quantitative estimate of drug-likeness (QED) is 0.809. The van der Waals surface area contributed by atoms with Gasteiger partial charge in [-0.1, -0.05) is 13.0 Å². The first-order valence-corrected chi connectivity index (χ1v) is 6.82.